The van der Waals surface area contributed by atoms with Gasteiger partial charge < -0.3 is 10.0 Å². The highest BCUT2D eigenvalue weighted by Gasteiger charge is 2.13. The Labute approximate surface area is 165 Å². The van der Waals surface area contributed by atoms with Gasteiger partial charge in [-0.15, -0.1) is 0 Å². The number of phenolic OH excluding ortho intramolecular Hbond substituents is 1. The lowest BCUT2D eigenvalue weighted by Crippen LogP contribution is -2.34. The number of rotatable bonds is 9. The first kappa shape index (κ1) is 21.5. The minimum Gasteiger partial charge on any atom is -0.508 e. The largest absolute Gasteiger partial charge is 0.508 e. The number of nitrogens with zero attached hydrogens (tertiary/aromatic N) is 2. The minimum absolute atomic E-state index is 0.408. The third-order valence-corrected chi connectivity index (χ3v) is 5.69. The van der Waals surface area contributed by atoms with Crippen LogP contribution >= 0.6 is 0 Å². The van der Waals surface area contributed by atoms with Crippen LogP contribution in [-0.4, -0.2) is 41.1 Å². The van der Waals surface area contributed by atoms with Crippen LogP contribution in [0.3, 0.4) is 0 Å². The van der Waals surface area contributed by atoms with Gasteiger partial charge in [-0.1, -0.05) is 38.1 Å². The quantitative estimate of drug-likeness (QED) is 0.677. The molecule has 0 amide bonds. The van der Waals surface area contributed by atoms with Gasteiger partial charge in [0, 0.05) is 31.7 Å². The molecule has 3 heteroatoms. The van der Waals surface area contributed by atoms with E-state index in [9.17, 15) is 5.11 Å². The standard InChI is InChI=1S/C24H36N2O/c1-7-25(8-2)11-12-26(16-22-10-9-18(3)19(4)13-22)17-23-14-20(5)21(6)15-24(23)27/h9-10,13-15,27H,7-8,11-12,16-17H2,1-6H3. The maximum absolute atomic E-state index is 10.4. The van der Waals surface area contributed by atoms with Gasteiger partial charge in [0.15, 0.2) is 0 Å². The normalized spacial score (nSPS) is 11.6. The number of aromatic hydroxyl groups is 1. The number of aryl methyl sites for hydroxylation is 4. The van der Waals surface area contributed by atoms with Gasteiger partial charge in [0.2, 0.25) is 0 Å². The number of hydrogen-bond donors (Lipinski definition) is 1. The molecule has 148 valence electrons. The van der Waals surface area contributed by atoms with E-state index < -0.39 is 0 Å². The van der Waals surface area contributed by atoms with Gasteiger partial charge in [-0.05, 0) is 74.7 Å². The highest BCUT2D eigenvalue weighted by atomic mass is 16.3. The van der Waals surface area contributed by atoms with E-state index in [1.807, 2.05) is 13.0 Å². The van der Waals surface area contributed by atoms with Gasteiger partial charge in [-0.3, -0.25) is 4.90 Å². The molecule has 3 nitrogen and oxygen atoms in total. The van der Waals surface area contributed by atoms with E-state index in [1.54, 1.807) is 0 Å². The molecule has 0 spiro atoms. The first-order chi connectivity index (χ1) is 12.8. The van der Waals surface area contributed by atoms with Crippen molar-refractivity contribution >= 4 is 0 Å². The molecule has 0 aliphatic heterocycles. The van der Waals surface area contributed by atoms with Gasteiger partial charge in [0.05, 0.1) is 0 Å². The predicted octanol–water partition coefficient (Wildman–Crippen LogP) is 4.97. The highest BCUT2D eigenvalue weighted by molar-refractivity contribution is 5.40. The molecule has 0 atom stereocenters. The number of hydrogen-bond acceptors (Lipinski definition) is 3. The van der Waals surface area contributed by atoms with Crippen molar-refractivity contribution in [3.63, 3.8) is 0 Å². The van der Waals surface area contributed by atoms with E-state index in [-0.39, 0.29) is 0 Å². The van der Waals surface area contributed by atoms with E-state index in [1.165, 1.54) is 22.3 Å². The summed E-state index contributed by atoms with van der Waals surface area (Å²) in [7, 11) is 0. The Bertz CT molecular complexity index is 750. The summed E-state index contributed by atoms with van der Waals surface area (Å²) in [4.78, 5) is 4.90. The van der Waals surface area contributed by atoms with Crippen molar-refractivity contribution in [2.75, 3.05) is 26.2 Å². The third-order valence-electron chi connectivity index (χ3n) is 5.69. The Kier molecular flexibility index (Phi) is 7.88. The minimum atomic E-state index is 0.408. The molecule has 0 aliphatic carbocycles. The number of likely N-dealkylation sites (N-methyl/N-ethyl adjacent to an activating group) is 1. The Hall–Kier alpha value is -1.84. The Morgan fingerprint density at radius 2 is 1.30 bits per heavy atom. The lowest BCUT2D eigenvalue weighted by molar-refractivity contribution is 0.200. The van der Waals surface area contributed by atoms with E-state index in [4.69, 9.17) is 0 Å². The molecule has 27 heavy (non-hydrogen) atoms. The predicted molar refractivity (Wildman–Crippen MR) is 115 cm³/mol. The second kappa shape index (κ2) is 9.91. The van der Waals surface area contributed by atoms with E-state index in [0.717, 1.165) is 50.4 Å². The van der Waals surface area contributed by atoms with Crippen LogP contribution in [0.2, 0.25) is 0 Å². The van der Waals surface area contributed by atoms with Crippen molar-refractivity contribution in [2.45, 2.75) is 54.6 Å². The van der Waals surface area contributed by atoms with Crippen molar-refractivity contribution in [1.29, 1.82) is 0 Å². The topological polar surface area (TPSA) is 26.7 Å². The van der Waals surface area contributed by atoms with Crippen LogP contribution in [0.25, 0.3) is 0 Å². The molecule has 0 radical (unpaired) electrons. The Balaban J connectivity index is 2.20. The number of phenols is 1. The smallest absolute Gasteiger partial charge is 0.120 e. The summed E-state index contributed by atoms with van der Waals surface area (Å²) in [6.07, 6.45) is 0. The van der Waals surface area contributed by atoms with Crippen molar-refractivity contribution in [2.24, 2.45) is 0 Å². The molecule has 0 aromatic heterocycles. The summed E-state index contributed by atoms with van der Waals surface area (Å²) >= 11 is 0. The van der Waals surface area contributed by atoms with Crippen LogP contribution in [0.5, 0.6) is 5.75 Å². The Morgan fingerprint density at radius 1 is 0.704 bits per heavy atom. The van der Waals surface area contributed by atoms with Crippen LogP contribution in [0.1, 0.15) is 47.2 Å². The summed E-state index contributed by atoms with van der Waals surface area (Å²) < 4.78 is 0. The maximum Gasteiger partial charge on any atom is 0.120 e. The van der Waals surface area contributed by atoms with E-state index in [2.05, 4.69) is 68.7 Å². The summed E-state index contributed by atoms with van der Waals surface area (Å²) in [5, 5.41) is 10.4. The molecule has 2 aromatic carbocycles. The van der Waals surface area contributed by atoms with Gasteiger partial charge in [0.1, 0.15) is 5.75 Å². The van der Waals surface area contributed by atoms with Crippen molar-refractivity contribution in [1.82, 2.24) is 9.80 Å². The van der Waals surface area contributed by atoms with Gasteiger partial charge in [-0.25, -0.2) is 0 Å². The average molecular weight is 369 g/mol. The lowest BCUT2D eigenvalue weighted by Gasteiger charge is -2.27. The SMILES string of the molecule is CCN(CC)CCN(Cc1ccc(C)c(C)c1)Cc1cc(C)c(C)cc1O. The van der Waals surface area contributed by atoms with Crippen LogP contribution in [-0.2, 0) is 13.1 Å². The summed E-state index contributed by atoms with van der Waals surface area (Å²) in [6.45, 7) is 18.8. The summed E-state index contributed by atoms with van der Waals surface area (Å²) in [6, 6.07) is 10.8. The maximum atomic E-state index is 10.4. The molecule has 2 aromatic rings. The Morgan fingerprint density at radius 3 is 1.93 bits per heavy atom. The molecule has 0 saturated carbocycles. The average Bonchev–Trinajstić information content (AvgIpc) is 2.63. The zero-order valence-electron chi connectivity index (χ0n) is 18.0. The van der Waals surface area contributed by atoms with Crippen molar-refractivity contribution in [3.05, 3.63) is 63.7 Å². The molecule has 0 fully saturated rings. The zero-order chi connectivity index (χ0) is 20.0. The number of benzene rings is 2. The highest BCUT2D eigenvalue weighted by Crippen LogP contribution is 2.24. The lowest BCUT2D eigenvalue weighted by atomic mass is 10.0. The third kappa shape index (κ3) is 6.08. The van der Waals surface area contributed by atoms with Crippen molar-refractivity contribution < 1.29 is 5.11 Å². The monoisotopic (exact) mass is 368 g/mol. The van der Waals surface area contributed by atoms with Crippen LogP contribution in [0, 0.1) is 27.7 Å². The zero-order valence-corrected chi connectivity index (χ0v) is 18.0. The van der Waals surface area contributed by atoms with Crippen molar-refractivity contribution in [3.8, 4) is 5.75 Å². The molecule has 0 saturated heterocycles. The van der Waals surface area contributed by atoms with Gasteiger partial charge >= 0.3 is 0 Å². The van der Waals surface area contributed by atoms with Gasteiger partial charge in [0.25, 0.3) is 0 Å². The first-order valence-electron chi connectivity index (χ1n) is 10.1. The second-order valence-electron chi connectivity index (χ2n) is 7.72. The summed E-state index contributed by atoms with van der Waals surface area (Å²) in [5.41, 5.74) is 7.39. The molecule has 1 N–H and O–H groups in total. The fraction of sp³-hybridized carbons (Fsp3) is 0.500. The molecule has 0 aliphatic rings. The van der Waals surface area contributed by atoms with E-state index >= 15 is 0 Å². The molecular formula is C24H36N2O. The molecule has 0 bridgehead atoms. The molecule has 0 unspecified atom stereocenters. The van der Waals surface area contributed by atoms with Crippen LogP contribution in [0.4, 0.5) is 0 Å². The summed E-state index contributed by atoms with van der Waals surface area (Å²) in [5.74, 6) is 0.408. The fourth-order valence-electron chi connectivity index (χ4n) is 3.43. The van der Waals surface area contributed by atoms with E-state index in [0.29, 0.717) is 5.75 Å². The molecule has 2 rings (SSSR count). The molecular weight excluding hydrogens is 332 g/mol. The van der Waals surface area contributed by atoms with Gasteiger partial charge in [-0.2, -0.15) is 0 Å². The fourth-order valence-corrected chi connectivity index (χ4v) is 3.43. The second-order valence-corrected chi connectivity index (χ2v) is 7.72. The first-order valence-corrected chi connectivity index (χ1v) is 10.1. The molecule has 0 heterocycles. The van der Waals surface area contributed by atoms with Crippen LogP contribution in [0.15, 0.2) is 30.3 Å². The van der Waals surface area contributed by atoms with Crippen LogP contribution < -0.4 is 0 Å².